The molecule has 0 bridgehead atoms. The van der Waals surface area contributed by atoms with Gasteiger partial charge in [0.05, 0.1) is 0 Å². The van der Waals surface area contributed by atoms with E-state index < -0.39 is 7.12 Å². The summed E-state index contributed by atoms with van der Waals surface area (Å²) >= 11 is 0. The van der Waals surface area contributed by atoms with Crippen molar-refractivity contribution < 1.29 is 68.2 Å². The first kappa shape index (κ1) is 11.8. The molecule has 0 atom stereocenters. The van der Waals surface area contributed by atoms with Crippen molar-refractivity contribution in [2.45, 2.75) is 31.5 Å². The summed E-state index contributed by atoms with van der Waals surface area (Å²) in [5.41, 5.74) is 0. The smallest absolute Gasteiger partial charge is 0.427 e. The van der Waals surface area contributed by atoms with Crippen molar-refractivity contribution in [3.8, 4) is 0 Å². The molecule has 0 heterocycles. The molecule has 0 unspecified atom stereocenters. The molecule has 0 amide bonds. The van der Waals surface area contributed by atoms with E-state index in [2.05, 4.69) is 6.42 Å². The van der Waals surface area contributed by atoms with Crippen molar-refractivity contribution >= 4 is 7.12 Å². The fourth-order valence-electron chi connectivity index (χ4n) is 1.25. The zero-order valence-corrected chi connectivity index (χ0v) is 11.4. The maximum atomic E-state index is 8.72. The maximum Gasteiger partial charge on any atom is 1.00 e. The van der Waals surface area contributed by atoms with Gasteiger partial charge in [-0.2, -0.15) is 12.8 Å². The van der Waals surface area contributed by atoms with Crippen LogP contribution in [0.3, 0.4) is 0 Å². The number of hydrogen-bond donors (Lipinski definition) is 2. The van der Waals surface area contributed by atoms with Crippen LogP contribution >= 0.6 is 0 Å². The normalized spacial score (nSPS) is 19.8. The summed E-state index contributed by atoms with van der Waals surface area (Å²) in [5, 5.41) is 17.4. The quantitative estimate of drug-likeness (QED) is 0.376. The van der Waals surface area contributed by atoms with E-state index in [-0.39, 0.29) is 64.0 Å². The largest absolute Gasteiger partial charge is 1.00 e. The Kier molecular flexibility index (Phi) is 7.45. The molecule has 1 fully saturated rings. The average molecular weight is 212 g/mol. The fraction of sp³-hybridized carbons (Fsp3) is 0.833. The van der Waals surface area contributed by atoms with E-state index in [0.29, 0.717) is 0 Å². The van der Waals surface area contributed by atoms with Crippen LogP contribution in [-0.4, -0.2) is 17.2 Å². The van der Waals surface area contributed by atoms with Crippen molar-refractivity contribution in [3.05, 3.63) is 6.42 Å². The van der Waals surface area contributed by atoms with Gasteiger partial charge in [-0.15, -0.1) is 0 Å². The van der Waals surface area contributed by atoms with Crippen LogP contribution < -0.4 is 58.2 Å². The molecule has 52 valence electrons. The van der Waals surface area contributed by atoms with Gasteiger partial charge in [-0.3, -0.25) is 0 Å². The Bertz CT molecular complexity index is 83.8. The van der Waals surface area contributed by atoms with E-state index in [1.165, 1.54) is 0 Å². The molecule has 1 aliphatic carbocycles. The first-order valence-electron chi connectivity index (χ1n) is 3.48. The Hall–Kier alpha value is 1.79. The second kappa shape index (κ2) is 6.32. The minimum atomic E-state index is -1.08. The van der Waals surface area contributed by atoms with Crippen molar-refractivity contribution in [2.75, 3.05) is 0 Å². The summed E-state index contributed by atoms with van der Waals surface area (Å²) in [5.74, 6) is 0.134. The molecule has 0 radical (unpaired) electrons. The van der Waals surface area contributed by atoms with Gasteiger partial charge in [0.25, 0.3) is 0 Å². The molecule has 0 aromatic carbocycles. The van der Waals surface area contributed by atoms with Crippen molar-refractivity contribution in [1.29, 1.82) is 0 Å². The molecular formula is C6H12BO2Rb. The van der Waals surface area contributed by atoms with Gasteiger partial charge >= 0.3 is 65.3 Å². The Balaban J connectivity index is 0.000000810. The van der Waals surface area contributed by atoms with Crippen LogP contribution in [0.2, 0.25) is 5.82 Å². The first-order chi connectivity index (χ1) is 4.30. The van der Waals surface area contributed by atoms with Gasteiger partial charge in [0.1, 0.15) is 0 Å². The molecule has 0 aliphatic heterocycles. The zero-order valence-electron chi connectivity index (χ0n) is 6.45. The predicted molar refractivity (Wildman–Crippen MR) is 36.7 cm³/mol. The standard InChI is InChI=1S/C6H12BO2.Rb/c8-7(9)6-4-2-1-3-5-6;/h1,6,8-9H,2-5H2;/q-1;+1. The molecule has 4 heteroatoms. The summed E-state index contributed by atoms with van der Waals surface area (Å²) in [4.78, 5) is 0. The van der Waals surface area contributed by atoms with Crippen molar-refractivity contribution in [3.63, 3.8) is 0 Å². The van der Waals surface area contributed by atoms with Gasteiger partial charge in [0.15, 0.2) is 0 Å². The molecule has 0 saturated heterocycles. The van der Waals surface area contributed by atoms with Crippen LogP contribution in [0.4, 0.5) is 0 Å². The molecule has 1 rings (SSSR count). The molecule has 10 heavy (non-hydrogen) atoms. The Labute approximate surface area is 111 Å². The van der Waals surface area contributed by atoms with Crippen LogP contribution in [0, 0.1) is 6.42 Å². The van der Waals surface area contributed by atoms with E-state index in [9.17, 15) is 0 Å². The van der Waals surface area contributed by atoms with E-state index >= 15 is 0 Å². The van der Waals surface area contributed by atoms with E-state index in [4.69, 9.17) is 10.0 Å². The van der Waals surface area contributed by atoms with Gasteiger partial charge < -0.3 is 16.5 Å². The van der Waals surface area contributed by atoms with E-state index in [0.717, 1.165) is 25.7 Å². The SMILES string of the molecule is OB(O)C1CC[CH-]CC1.[Rb+]. The van der Waals surface area contributed by atoms with Gasteiger partial charge in [-0.1, -0.05) is 12.8 Å². The van der Waals surface area contributed by atoms with Crippen LogP contribution in [0.1, 0.15) is 25.7 Å². The minimum absolute atomic E-state index is 0. The fourth-order valence-corrected chi connectivity index (χ4v) is 1.25. The summed E-state index contributed by atoms with van der Waals surface area (Å²) in [6.45, 7) is 0. The van der Waals surface area contributed by atoms with Crippen molar-refractivity contribution in [1.82, 2.24) is 0 Å². The number of rotatable bonds is 1. The van der Waals surface area contributed by atoms with Crippen LogP contribution in [0.25, 0.3) is 0 Å². The molecule has 2 N–H and O–H groups in total. The summed E-state index contributed by atoms with van der Waals surface area (Å²) in [6.07, 6.45) is 6.18. The molecule has 0 spiro atoms. The topological polar surface area (TPSA) is 40.5 Å². The third-order valence-electron chi connectivity index (χ3n) is 1.90. The average Bonchev–Trinajstić information content (AvgIpc) is 1.90. The molecule has 0 aromatic heterocycles. The minimum Gasteiger partial charge on any atom is -0.427 e. The van der Waals surface area contributed by atoms with E-state index in [1.807, 2.05) is 0 Å². The van der Waals surface area contributed by atoms with Crippen LogP contribution in [0.5, 0.6) is 0 Å². The van der Waals surface area contributed by atoms with Crippen LogP contribution in [0.15, 0.2) is 0 Å². The second-order valence-electron chi connectivity index (χ2n) is 2.62. The zero-order chi connectivity index (χ0) is 6.69. The maximum absolute atomic E-state index is 8.72. The third-order valence-corrected chi connectivity index (χ3v) is 1.90. The summed E-state index contributed by atoms with van der Waals surface area (Å²) in [6, 6.07) is 0. The van der Waals surface area contributed by atoms with E-state index in [1.54, 1.807) is 0 Å². The molecular weight excluding hydrogens is 200 g/mol. The molecule has 1 aliphatic rings. The second-order valence-corrected chi connectivity index (χ2v) is 2.62. The molecule has 0 aromatic rings. The number of hydrogen-bond acceptors (Lipinski definition) is 2. The van der Waals surface area contributed by atoms with Gasteiger partial charge in [0, 0.05) is 0 Å². The Morgan fingerprint density at radius 1 is 1.20 bits per heavy atom. The van der Waals surface area contributed by atoms with Crippen LogP contribution in [-0.2, 0) is 0 Å². The van der Waals surface area contributed by atoms with Gasteiger partial charge in [-0.05, 0) is 5.82 Å². The molecule has 1 saturated carbocycles. The first-order valence-corrected chi connectivity index (χ1v) is 3.48. The Morgan fingerprint density at radius 2 is 1.70 bits per heavy atom. The summed E-state index contributed by atoms with van der Waals surface area (Å²) < 4.78 is 0. The third kappa shape index (κ3) is 3.98. The molecule has 2 nitrogen and oxygen atoms in total. The van der Waals surface area contributed by atoms with Gasteiger partial charge in [-0.25, -0.2) is 0 Å². The van der Waals surface area contributed by atoms with Gasteiger partial charge in [0.2, 0.25) is 0 Å². The monoisotopic (exact) mass is 212 g/mol. The predicted octanol–water partition coefficient (Wildman–Crippen LogP) is -2.39. The Morgan fingerprint density at radius 3 is 2.00 bits per heavy atom. The summed E-state index contributed by atoms with van der Waals surface area (Å²) in [7, 11) is -1.08. The van der Waals surface area contributed by atoms with Crippen molar-refractivity contribution in [2.24, 2.45) is 0 Å².